The van der Waals surface area contributed by atoms with Gasteiger partial charge in [-0.15, -0.1) is 0 Å². The second-order valence-electron chi connectivity index (χ2n) is 8.45. The third-order valence-electron chi connectivity index (χ3n) is 6.04. The Labute approximate surface area is 189 Å². The van der Waals surface area contributed by atoms with Gasteiger partial charge in [0.2, 0.25) is 11.8 Å². The minimum atomic E-state index is 0.0610. The number of aryl methyl sites for hydroxylation is 1. The van der Waals surface area contributed by atoms with Crippen LogP contribution in [-0.2, 0) is 22.6 Å². The van der Waals surface area contributed by atoms with Gasteiger partial charge in [0, 0.05) is 31.1 Å². The lowest BCUT2D eigenvalue weighted by Gasteiger charge is -2.22. The fourth-order valence-electron chi connectivity index (χ4n) is 4.11. The van der Waals surface area contributed by atoms with Crippen LogP contribution >= 0.6 is 0 Å². The first-order valence-electron chi connectivity index (χ1n) is 11.7. The summed E-state index contributed by atoms with van der Waals surface area (Å²) in [6.07, 6.45) is 5.87. The molecule has 0 aliphatic heterocycles. The van der Waals surface area contributed by atoms with E-state index in [9.17, 15) is 9.59 Å². The summed E-state index contributed by atoms with van der Waals surface area (Å²) in [5.74, 6) is 1.49. The fraction of sp³-hybridized carbons (Fsp3) is 0.423. The molecule has 0 spiro atoms. The van der Waals surface area contributed by atoms with E-state index in [1.165, 1.54) is 0 Å². The molecule has 1 heterocycles. The number of rotatable bonds is 11. The van der Waals surface area contributed by atoms with E-state index in [-0.39, 0.29) is 24.3 Å². The fourth-order valence-corrected chi connectivity index (χ4v) is 4.11. The number of carbonyl (C=O) groups is 2. The van der Waals surface area contributed by atoms with E-state index in [2.05, 4.69) is 9.88 Å². The molecule has 0 saturated heterocycles. The Morgan fingerprint density at radius 3 is 2.53 bits per heavy atom. The number of aromatic nitrogens is 2. The van der Waals surface area contributed by atoms with Gasteiger partial charge < -0.3 is 14.8 Å². The van der Waals surface area contributed by atoms with Crippen LogP contribution in [-0.4, -0.2) is 34.5 Å². The summed E-state index contributed by atoms with van der Waals surface area (Å²) >= 11 is 0. The van der Waals surface area contributed by atoms with Crippen molar-refractivity contribution in [2.75, 3.05) is 18.0 Å². The number of unbranched alkanes of at least 4 members (excludes halogenated alkanes) is 2. The number of anilines is 1. The van der Waals surface area contributed by atoms with Crippen molar-refractivity contribution in [3.63, 3.8) is 0 Å². The van der Waals surface area contributed by atoms with Gasteiger partial charge >= 0.3 is 0 Å². The quantitative estimate of drug-likeness (QED) is 0.459. The number of carbonyl (C=O) groups excluding carboxylic acids is 2. The molecule has 1 aromatic heterocycles. The molecule has 1 aliphatic rings. The minimum absolute atomic E-state index is 0.0610. The standard InChI is InChI=1S/C26H32N4O2/c1-2-29(21-11-5-3-6-12-21)25(31)19-30-23-14-9-8-13-22(23)28-24(30)15-7-4-10-18-27-26(32)20-16-17-20/h3,5-6,8-9,11-14,20H,2,4,7,10,15-19H2,1H3,(H,27,32). The molecule has 0 bridgehead atoms. The lowest BCUT2D eigenvalue weighted by Crippen LogP contribution is -2.34. The Morgan fingerprint density at radius 2 is 1.78 bits per heavy atom. The summed E-state index contributed by atoms with van der Waals surface area (Å²) in [6, 6.07) is 17.8. The zero-order valence-electron chi connectivity index (χ0n) is 18.8. The minimum Gasteiger partial charge on any atom is -0.356 e. The van der Waals surface area contributed by atoms with E-state index < -0.39 is 0 Å². The molecule has 2 amide bonds. The SMILES string of the molecule is CCN(C(=O)Cn1c(CCCCCNC(=O)C2CC2)nc2ccccc21)c1ccccc1. The molecule has 2 aromatic carbocycles. The Kier molecular flexibility index (Phi) is 7.20. The monoisotopic (exact) mass is 432 g/mol. The van der Waals surface area contributed by atoms with Crippen molar-refractivity contribution in [2.45, 2.75) is 52.0 Å². The van der Waals surface area contributed by atoms with Crippen LogP contribution in [0.15, 0.2) is 54.6 Å². The largest absolute Gasteiger partial charge is 0.356 e. The third-order valence-corrected chi connectivity index (χ3v) is 6.04. The molecule has 1 N–H and O–H groups in total. The van der Waals surface area contributed by atoms with E-state index in [0.29, 0.717) is 6.54 Å². The van der Waals surface area contributed by atoms with Crippen LogP contribution in [0.4, 0.5) is 5.69 Å². The maximum absolute atomic E-state index is 13.2. The Morgan fingerprint density at radius 1 is 1.03 bits per heavy atom. The lowest BCUT2D eigenvalue weighted by molar-refractivity contribution is -0.122. The van der Waals surface area contributed by atoms with Crippen LogP contribution in [0.1, 0.15) is 44.9 Å². The predicted molar refractivity (Wildman–Crippen MR) is 127 cm³/mol. The average molecular weight is 433 g/mol. The number of fused-ring (bicyclic) bond motifs is 1. The highest BCUT2D eigenvalue weighted by Crippen LogP contribution is 2.28. The molecule has 6 nitrogen and oxygen atoms in total. The number of likely N-dealkylation sites (N-methyl/N-ethyl adjacent to an activating group) is 1. The first kappa shape index (κ1) is 22.1. The van der Waals surface area contributed by atoms with Gasteiger partial charge in [-0.3, -0.25) is 9.59 Å². The number of benzene rings is 2. The second-order valence-corrected chi connectivity index (χ2v) is 8.45. The predicted octanol–water partition coefficient (Wildman–Crippen LogP) is 4.33. The van der Waals surface area contributed by atoms with Crippen molar-refractivity contribution in [3.05, 3.63) is 60.4 Å². The maximum Gasteiger partial charge on any atom is 0.246 e. The molecular formula is C26H32N4O2. The van der Waals surface area contributed by atoms with Crippen LogP contribution in [0.5, 0.6) is 0 Å². The Bertz CT molecular complexity index is 1060. The summed E-state index contributed by atoms with van der Waals surface area (Å²) in [7, 11) is 0. The van der Waals surface area contributed by atoms with Crippen molar-refractivity contribution in [1.29, 1.82) is 0 Å². The van der Waals surface area contributed by atoms with E-state index in [1.807, 2.05) is 66.4 Å². The first-order valence-corrected chi connectivity index (χ1v) is 11.7. The molecule has 6 heteroatoms. The normalized spacial score (nSPS) is 13.3. The van der Waals surface area contributed by atoms with Crippen molar-refractivity contribution < 1.29 is 9.59 Å². The second kappa shape index (κ2) is 10.4. The number of amides is 2. The van der Waals surface area contributed by atoms with Crippen LogP contribution < -0.4 is 10.2 Å². The van der Waals surface area contributed by atoms with Crippen molar-refractivity contribution in [1.82, 2.24) is 14.9 Å². The van der Waals surface area contributed by atoms with Crippen LogP contribution in [0, 0.1) is 5.92 Å². The number of hydrogen-bond acceptors (Lipinski definition) is 3. The molecule has 0 unspecified atom stereocenters. The maximum atomic E-state index is 13.2. The van der Waals surface area contributed by atoms with Crippen molar-refractivity contribution in [3.8, 4) is 0 Å². The molecular weight excluding hydrogens is 400 g/mol. The summed E-state index contributed by atoms with van der Waals surface area (Å²) in [6.45, 7) is 3.64. The highest BCUT2D eigenvalue weighted by molar-refractivity contribution is 5.94. The zero-order chi connectivity index (χ0) is 22.3. The van der Waals surface area contributed by atoms with Gasteiger partial charge in [-0.1, -0.05) is 36.8 Å². The van der Waals surface area contributed by atoms with Crippen molar-refractivity contribution in [2.24, 2.45) is 5.92 Å². The molecule has 1 aliphatic carbocycles. The van der Waals surface area contributed by atoms with Gasteiger partial charge in [0.15, 0.2) is 0 Å². The highest BCUT2D eigenvalue weighted by atomic mass is 16.2. The molecule has 1 saturated carbocycles. The first-order chi connectivity index (χ1) is 15.7. The van der Waals surface area contributed by atoms with Gasteiger partial charge in [-0.2, -0.15) is 0 Å². The smallest absolute Gasteiger partial charge is 0.246 e. The summed E-state index contributed by atoms with van der Waals surface area (Å²) in [4.78, 5) is 31.6. The number of para-hydroxylation sites is 3. The van der Waals surface area contributed by atoms with Crippen LogP contribution in [0.3, 0.4) is 0 Å². The van der Waals surface area contributed by atoms with E-state index >= 15 is 0 Å². The molecule has 4 rings (SSSR count). The van der Waals surface area contributed by atoms with Crippen molar-refractivity contribution >= 4 is 28.5 Å². The topological polar surface area (TPSA) is 67.2 Å². The molecule has 0 atom stereocenters. The van der Waals surface area contributed by atoms with Crippen LogP contribution in [0.25, 0.3) is 11.0 Å². The number of nitrogens with one attached hydrogen (secondary N) is 1. The van der Waals surface area contributed by atoms with E-state index in [1.54, 1.807) is 0 Å². The van der Waals surface area contributed by atoms with Gasteiger partial charge in [0.1, 0.15) is 12.4 Å². The summed E-state index contributed by atoms with van der Waals surface area (Å²) < 4.78 is 2.07. The molecule has 3 aromatic rings. The van der Waals surface area contributed by atoms with Gasteiger partial charge in [-0.05, 0) is 56.9 Å². The van der Waals surface area contributed by atoms with Crippen LogP contribution in [0.2, 0.25) is 0 Å². The summed E-state index contributed by atoms with van der Waals surface area (Å²) in [5, 5.41) is 3.03. The summed E-state index contributed by atoms with van der Waals surface area (Å²) in [5.41, 5.74) is 2.84. The number of imidazole rings is 1. The molecule has 32 heavy (non-hydrogen) atoms. The molecule has 168 valence electrons. The average Bonchev–Trinajstić information content (AvgIpc) is 3.61. The highest BCUT2D eigenvalue weighted by Gasteiger charge is 2.28. The lowest BCUT2D eigenvalue weighted by atomic mass is 10.2. The van der Waals surface area contributed by atoms with E-state index in [0.717, 1.165) is 67.6 Å². The molecule has 0 radical (unpaired) electrons. The number of hydrogen-bond donors (Lipinski definition) is 1. The van der Waals surface area contributed by atoms with Gasteiger partial charge in [0.05, 0.1) is 11.0 Å². The zero-order valence-corrected chi connectivity index (χ0v) is 18.8. The van der Waals surface area contributed by atoms with Gasteiger partial charge in [0.25, 0.3) is 0 Å². The van der Waals surface area contributed by atoms with Gasteiger partial charge in [-0.25, -0.2) is 4.98 Å². The van der Waals surface area contributed by atoms with E-state index in [4.69, 9.17) is 4.98 Å². The Hall–Kier alpha value is -3.15. The molecule has 1 fully saturated rings. The number of nitrogens with zero attached hydrogens (tertiary/aromatic N) is 3. The Balaban J connectivity index is 1.39. The third kappa shape index (κ3) is 5.36.